The number of aliphatic carboxylic acids is 1. The van der Waals surface area contributed by atoms with Crippen LogP contribution in [0.15, 0.2) is 0 Å². The van der Waals surface area contributed by atoms with Crippen LogP contribution in [0.3, 0.4) is 0 Å². The van der Waals surface area contributed by atoms with E-state index in [0.29, 0.717) is 5.75 Å². The monoisotopic (exact) mass is 308 g/mol. The van der Waals surface area contributed by atoms with Crippen molar-refractivity contribution >= 4 is 27.9 Å². The van der Waals surface area contributed by atoms with Gasteiger partial charge in [-0.3, -0.25) is 4.79 Å². The van der Waals surface area contributed by atoms with Gasteiger partial charge < -0.3 is 5.11 Å². The molecule has 2 rings (SSSR count). The van der Waals surface area contributed by atoms with Crippen molar-refractivity contribution in [3.63, 3.8) is 0 Å². The van der Waals surface area contributed by atoms with Crippen molar-refractivity contribution in [3.8, 4) is 0 Å². The quantitative estimate of drug-likeness (QED) is 0.837. The zero-order chi connectivity index (χ0) is 14.0. The second-order valence-electron chi connectivity index (χ2n) is 5.06. The second-order valence-corrected chi connectivity index (χ2v) is 8.00. The minimum absolute atomic E-state index is 0.0128. The Morgan fingerprint density at radius 3 is 2.53 bits per heavy atom. The maximum absolute atomic E-state index is 12.5. The van der Waals surface area contributed by atoms with Crippen molar-refractivity contribution in [1.29, 1.82) is 0 Å². The summed E-state index contributed by atoms with van der Waals surface area (Å²) in [6.45, 7) is 0. The summed E-state index contributed by atoms with van der Waals surface area (Å²) in [5.41, 5.74) is 0. The minimum Gasteiger partial charge on any atom is -0.480 e. The van der Waals surface area contributed by atoms with E-state index in [0.717, 1.165) is 36.4 Å². The molecule has 2 aliphatic rings. The summed E-state index contributed by atoms with van der Waals surface area (Å²) in [6.07, 6.45) is 4.98. The molecule has 8 heteroatoms. The number of carbonyl (C=O) groups is 1. The average molecular weight is 308 g/mol. The predicted octanol–water partition coefficient (Wildman–Crippen LogP) is 0.955. The molecule has 0 unspecified atom stereocenters. The van der Waals surface area contributed by atoms with Gasteiger partial charge in [0, 0.05) is 18.8 Å². The maximum Gasteiger partial charge on any atom is 0.322 e. The van der Waals surface area contributed by atoms with E-state index in [-0.39, 0.29) is 11.9 Å². The highest BCUT2D eigenvalue weighted by Crippen LogP contribution is 2.29. The lowest BCUT2D eigenvalue weighted by Crippen LogP contribution is -2.51. The first-order valence-electron chi connectivity index (χ1n) is 6.50. The van der Waals surface area contributed by atoms with Crippen molar-refractivity contribution in [2.24, 2.45) is 0 Å². The molecular weight excluding hydrogens is 288 g/mol. The lowest BCUT2D eigenvalue weighted by atomic mass is 9.96. The molecule has 1 saturated carbocycles. The van der Waals surface area contributed by atoms with Gasteiger partial charge in [0.15, 0.2) is 0 Å². The zero-order valence-corrected chi connectivity index (χ0v) is 12.6. The van der Waals surface area contributed by atoms with Crippen LogP contribution in [0, 0.1) is 0 Å². The molecule has 1 saturated heterocycles. The van der Waals surface area contributed by atoms with E-state index in [2.05, 4.69) is 0 Å². The molecule has 110 valence electrons. The predicted molar refractivity (Wildman–Crippen MR) is 74.1 cm³/mol. The average Bonchev–Trinajstić information content (AvgIpc) is 2.89. The Morgan fingerprint density at radius 2 is 1.95 bits per heavy atom. The first-order chi connectivity index (χ1) is 8.94. The Hall–Kier alpha value is -0.310. The first kappa shape index (κ1) is 15.1. The summed E-state index contributed by atoms with van der Waals surface area (Å²) in [4.78, 5) is 11.1. The molecule has 0 radical (unpaired) electrons. The van der Waals surface area contributed by atoms with Crippen LogP contribution in [-0.2, 0) is 15.0 Å². The van der Waals surface area contributed by atoms with Gasteiger partial charge in [-0.1, -0.05) is 19.3 Å². The van der Waals surface area contributed by atoms with Gasteiger partial charge in [-0.05, 0) is 12.8 Å². The summed E-state index contributed by atoms with van der Waals surface area (Å²) in [5, 5.41) is 9.10. The molecule has 1 aliphatic heterocycles. The highest BCUT2D eigenvalue weighted by atomic mass is 32.2. The molecule has 0 aromatic rings. The van der Waals surface area contributed by atoms with Crippen molar-refractivity contribution in [2.45, 2.75) is 44.2 Å². The van der Waals surface area contributed by atoms with Gasteiger partial charge in [-0.25, -0.2) is 0 Å². The van der Waals surface area contributed by atoms with E-state index in [1.54, 1.807) is 7.05 Å². The highest BCUT2D eigenvalue weighted by molar-refractivity contribution is 8.00. The number of hydrogen-bond acceptors (Lipinski definition) is 4. The van der Waals surface area contributed by atoms with Gasteiger partial charge in [0.25, 0.3) is 10.2 Å². The summed E-state index contributed by atoms with van der Waals surface area (Å²) in [5.74, 6) is -0.505. The summed E-state index contributed by atoms with van der Waals surface area (Å²) < 4.78 is 27.5. The summed E-state index contributed by atoms with van der Waals surface area (Å²) >= 11 is 1.35. The summed E-state index contributed by atoms with van der Waals surface area (Å²) in [6, 6.07) is -0.917. The topological polar surface area (TPSA) is 77.9 Å². The van der Waals surface area contributed by atoms with Crippen LogP contribution in [0.1, 0.15) is 32.1 Å². The molecule has 2 fully saturated rings. The zero-order valence-electron chi connectivity index (χ0n) is 11.0. The Bertz CT molecular complexity index is 434. The number of carboxylic acids is 1. The van der Waals surface area contributed by atoms with Crippen LogP contribution in [0.4, 0.5) is 0 Å². The fourth-order valence-electron chi connectivity index (χ4n) is 2.65. The van der Waals surface area contributed by atoms with Gasteiger partial charge in [-0.2, -0.15) is 17.0 Å². The number of carboxylic acid groups (broad SMARTS) is 1. The molecule has 0 aromatic carbocycles. The Kier molecular flexibility index (Phi) is 4.75. The SMILES string of the molecule is CN(C1CCCCC1)S(=O)(=O)N1CSC[C@@H]1C(=O)O. The molecular formula is C11H20N2O4S2. The largest absolute Gasteiger partial charge is 0.480 e. The minimum atomic E-state index is -3.67. The molecule has 0 amide bonds. The van der Waals surface area contributed by atoms with Crippen LogP contribution in [0.25, 0.3) is 0 Å². The van der Waals surface area contributed by atoms with Crippen LogP contribution < -0.4 is 0 Å². The van der Waals surface area contributed by atoms with Gasteiger partial charge >= 0.3 is 5.97 Å². The molecule has 6 nitrogen and oxygen atoms in total. The Labute approximate surface area is 118 Å². The van der Waals surface area contributed by atoms with E-state index in [1.807, 2.05) is 0 Å². The van der Waals surface area contributed by atoms with E-state index < -0.39 is 22.2 Å². The molecule has 1 aliphatic carbocycles. The lowest BCUT2D eigenvalue weighted by Gasteiger charge is -2.34. The van der Waals surface area contributed by atoms with Crippen molar-refractivity contribution in [1.82, 2.24) is 8.61 Å². The van der Waals surface area contributed by atoms with Gasteiger partial charge in [0.05, 0.1) is 5.88 Å². The third-order valence-electron chi connectivity index (χ3n) is 3.88. The molecule has 1 N–H and O–H groups in total. The number of hydrogen-bond donors (Lipinski definition) is 1. The molecule has 0 bridgehead atoms. The normalized spacial score (nSPS) is 26.9. The highest BCUT2D eigenvalue weighted by Gasteiger charge is 2.42. The van der Waals surface area contributed by atoms with Crippen molar-refractivity contribution < 1.29 is 18.3 Å². The number of nitrogens with zero attached hydrogens (tertiary/aromatic N) is 2. The third-order valence-corrected chi connectivity index (χ3v) is 7.05. The summed E-state index contributed by atoms with van der Waals surface area (Å²) in [7, 11) is -2.09. The van der Waals surface area contributed by atoms with Crippen LogP contribution in [0.2, 0.25) is 0 Å². The fourth-order valence-corrected chi connectivity index (χ4v) is 5.91. The Balaban J connectivity index is 2.14. The smallest absolute Gasteiger partial charge is 0.322 e. The maximum atomic E-state index is 12.5. The molecule has 0 aromatic heterocycles. The van der Waals surface area contributed by atoms with Crippen LogP contribution in [-0.4, -0.2) is 58.9 Å². The van der Waals surface area contributed by atoms with E-state index in [9.17, 15) is 13.2 Å². The first-order valence-corrected chi connectivity index (χ1v) is 9.05. The standard InChI is InChI=1S/C11H20N2O4S2/c1-12(9-5-3-2-4-6-9)19(16,17)13-8-18-7-10(13)11(14)15/h9-10H,2-8H2,1H3,(H,14,15)/t10-/m1/s1. The van der Waals surface area contributed by atoms with Gasteiger partial charge in [0.2, 0.25) is 0 Å². The van der Waals surface area contributed by atoms with Crippen molar-refractivity contribution in [2.75, 3.05) is 18.7 Å². The van der Waals surface area contributed by atoms with Crippen LogP contribution in [0.5, 0.6) is 0 Å². The lowest BCUT2D eigenvalue weighted by molar-refractivity contribution is -0.140. The number of rotatable bonds is 4. The van der Waals surface area contributed by atoms with Gasteiger partial charge in [0.1, 0.15) is 6.04 Å². The molecule has 19 heavy (non-hydrogen) atoms. The van der Waals surface area contributed by atoms with E-state index >= 15 is 0 Å². The Morgan fingerprint density at radius 1 is 1.32 bits per heavy atom. The number of thioether (sulfide) groups is 1. The van der Waals surface area contributed by atoms with E-state index in [4.69, 9.17) is 5.11 Å². The molecule has 1 atom stereocenters. The van der Waals surface area contributed by atoms with E-state index in [1.165, 1.54) is 16.1 Å². The second kappa shape index (κ2) is 5.99. The molecule has 1 heterocycles. The third kappa shape index (κ3) is 3.07. The molecule has 0 spiro atoms. The fraction of sp³-hybridized carbons (Fsp3) is 0.909. The van der Waals surface area contributed by atoms with Gasteiger partial charge in [-0.15, -0.1) is 11.8 Å². The van der Waals surface area contributed by atoms with Crippen LogP contribution >= 0.6 is 11.8 Å². The van der Waals surface area contributed by atoms with Crippen molar-refractivity contribution in [3.05, 3.63) is 0 Å².